The predicted octanol–water partition coefficient (Wildman–Crippen LogP) is 1.79. The van der Waals surface area contributed by atoms with Crippen molar-refractivity contribution in [1.29, 1.82) is 0 Å². The Hall–Kier alpha value is -0.810. The lowest BCUT2D eigenvalue weighted by molar-refractivity contribution is 0.289. The first-order chi connectivity index (χ1) is 7.58. The summed E-state index contributed by atoms with van der Waals surface area (Å²) in [5.41, 5.74) is 6.77. The van der Waals surface area contributed by atoms with Crippen molar-refractivity contribution in [1.82, 2.24) is 9.97 Å². The molecule has 1 unspecified atom stereocenters. The molecule has 0 aliphatic heterocycles. The Balaban J connectivity index is 2.89. The molecule has 1 aromatic rings. The Labute approximate surface area is 101 Å². The minimum Gasteiger partial charge on any atom is -0.396 e. The Morgan fingerprint density at radius 3 is 2.69 bits per heavy atom. The quantitative estimate of drug-likeness (QED) is 0.607. The van der Waals surface area contributed by atoms with Crippen LogP contribution in [0.1, 0.15) is 31.7 Å². The number of anilines is 1. The number of nitrogens with two attached hydrogens (primary N) is 1. The summed E-state index contributed by atoms with van der Waals surface area (Å²) in [7, 11) is 0. The largest absolute Gasteiger partial charge is 0.396 e. The zero-order valence-corrected chi connectivity index (χ0v) is 10.8. The van der Waals surface area contributed by atoms with E-state index in [1.807, 2.05) is 13.8 Å². The fourth-order valence-corrected chi connectivity index (χ4v) is 2.31. The molecule has 0 saturated heterocycles. The molecule has 1 atom stereocenters. The summed E-state index contributed by atoms with van der Waals surface area (Å²) in [6.45, 7) is 6.22. The molecule has 0 aromatic carbocycles. The maximum absolute atomic E-state index is 8.87. The molecular formula is C11H19N3OS. The van der Waals surface area contributed by atoms with Crippen molar-refractivity contribution in [2.75, 3.05) is 12.3 Å². The van der Waals surface area contributed by atoms with E-state index in [1.165, 1.54) is 0 Å². The van der Waals surface area contributed by atoms with E-state index >= 15 is 0 Å². The molecule has 16 heavy (non-hydrogen) atoms. The maximum atomic E-state index is 8.87. The lowest BCUT2D eigenvalue weighted by atomic mass is 10.3. The third kappa shape index (κ3) is 3.35. The van der Waals surface area contributed by atoms with E-state index in [9.17, 15) is 0 Å². The summed E-state index contributed by atoms with van der Waals surface area (Å²) in [6, 6.07) is 0. The zero-order chi connectivity index (χ0) is 12.1. The van der Waals surface area contributed by atoms with E-state index in [1.54, 1.807) is 11.8 Å². The molecule has 0 spiro atoms. The van der Waals surface area contributed by atoms with Gasteiger partial charge in [0.25, 0.3) is 0 Å². The fraction of sp³-hybridized carbons (Fsp3) is 0.636. The number of hydrogen-bond acceptors (Lipinski definition) is 5. The number of aliphatic hydroxyl groups is 1. The number of rotatable bonds is 5. The normalized spacial score (nSPS) is 12.8. The summed E-state index contributed by atoms with van der Waals surface area (Å²) in [6.07, 6.45) is 1.54. The van der Waals surface area contributed by atoms with Gasteiger partial charge in [0.05, 0.1) is 0 Å². The van der Waals surface area contributed by atoms with E-state index in [4.69, 9.17) is 10.8 Å². The number of nitrogens with zero attached hydrogens (tertiary/aromatic N) is 2. The van der Waals surface area contributed by atoms with Crippen LogP contribution in [0.25, 0.3) is 0 Å². The van der Waals surface area contributed by atoms with Crippen molar-refractivity contribution in [3.05, 3.63) is 11.4 Å². The highest BCUT2D eigenvalue weighted by atomic mass is 32.2. The van der Waals surface area contributed by atoms with E-state index < -0.39 is 0 Å². The molecule has 1 heterocycles. The predicted molar refractivity (Wildman–Crippen MR) is 67.6 cm³/mol. The lowest BCUT2D eigenvalue weighted by Crippen LogP contribution is -2.06. The van der Waals surface area contributed by atoms with Crippen LogP contribution < -0.4 is 5.73 Å². The van der Waals surface area contributed by atoms with Crippen LogP contribution in [0.3, 0.4) is 0 Å². The van der Waals surface area contributed by atoms with Crippen LogP contribution in [0, 0.1) is 6.92 Å². The average molecular weight is 241 g/mol. The van der Waals surface area contributed by atoms with Crippen LogP contribution in [-0.4, -0.2) is 26.9 Å². The van der Waals surface area contributed by atoms with Gasteiger partial charge in [0.2, 0.25) is 0 Å². The highest BCUT2D eigenvalue weighted by Crippen LogP contribution is 2.28. The van der Waals surface area contributed by atoms with Crippen molar-refractivity contribution in [2.45, 2.75) is 43.9 Å². The standard InChI is InChI=1S/C11H19N3OS/c1-4-9-13-10(12)8(3)11(14-9)16-7(2)5-6-15/h7,15H,4-6H2,1-3H3,(H2,12,13,14). The average Bonchev–Trinajstić information content (AvgIpc) is 2.24. The molecule has 1 aromatic heterocycles. The van der Waals surface area contributed by atoms with E-state index in [-0.39, 0.29) is 6.61 Å². The van der Waals surface area contributed by atoms with Crippen LogP contribution in [-0.2, 0) is 6.42 Å². The van der Waals surface area contributed by atoms with Gasteiger partial charge in [0.15, 0.2) is 0 Å². The first-order valence-corrected chi connectivity index (χ1v) is 6.37. The van der Waals surface area contributed by atoms with Crippen molar-refractivity contribution >= 4 is 17.6 Å². The Morgan fingerprint density at radius 2 is 2.12 bits per heavy atom. The second kappa shape index (κ2) is 6.06. The first kappa shape index (κ1) is 13.3. The molecule has 5 heteroatoms. The molecule has 0 saturated carbocycles. The molecule has 0 bridgehead atoms. The molecule has 4 nitrogen and oxygen atoms in total. The number of aromatic nitrogens is 2. The van der Waals surface area contributed by atoms with Crippen LogP contribution in [0.15, 0.2) is 5.03 Å². The van der Waals surface area contributed by atoms with Crippen molar-refractivity contribution in [3.8, 4) is 0 Å². The molecule has 1 rings (SSSR count). The third-order valence-corrected chi connectivity index (χ3v) is 3.61. The van der Waals surface area contributed by atoms with E-state index in [2.05, 4.69) is 16.9 Å². The van der Waals surface area contributed by atoms with Gasteiger partial charge in [-0.2, -0.15) is 0 Å². The second-order valence-electron chi connectivity index (χ2n) is 3.75. The Morgan fingerprint density at radius 1 is 1.44 bits per heavy atom. The van der Waals surface area contributed by atoms with Crippen molar-refractivity contribution in [3.63, 3.8) is 0 Å². The SMILES string of the molecule is CCc1nc(N)c(C)c(SC(C)CCO)n1. The summed E-state index contributed by atoms with van der Waals surface area (Å²) in [5.74, 6) is 1.34. The number of thioether (sulfide) groups is 1. The summed E-state index contributed by atoms with van der Waals surface area (Å²) in [5, 5.41) is 10.1. The highest BCUT2D eigenvalue weighted by molar-refractivity contribution is 7.99. The molecule has 0 aliphatic rings. The van der Waals surface area contributed by atoms with Gasteiger partial charge < -0.3 is 10.8 Å². The van der Waals surface area contributed by atoms with Gasteiger partial charge in [-0.15, -0.1) is 11.8 Å². The minimum absolute atomic E-state index is 0.203. The van der Waals surface area contributed by atoms with Crippen molar-refractivity contribution < 1.29 is 5.11 Å². The van der Waals surface area contributed by atoms with Gasteiger partial charge >= 0.3 is 0 Å². The smallest absolute Gasteiger partial charge is 0.131 e. The molecule has 0 amide bonds. The first-order valence-electron chi connectivity index (χ1n) is 5.49. The van der Waals surface area contributed by atoms with Gasteiger partial charge in [-0.05, 0) is 13.3 Å². The summed E-state index contributed by atoms with van der Waals surface area (Å²) >= 11 is 1.65. The van der Waals surface area contributed by atoms with Crippen molar-refractivity contribution in [2.24, 2.45) is 0 Å². The van der Waals surface area contributed by atoms with Gasteiger partial charge in [-0.1, -0.05) is 13.8 Å². The Bertz CT molecular complexity index is 357. The number of aliphatic hydroxyl groups excluding tert-OH is 1. The number of nitrogen functional groups attached to an aromatic ring is 1. The monoisotopic (exact) mass is 241 g/mol. The van der Waals surface area contributed by atoms with Gasteiger partial charge in [-0.25, -0.2) is 9.97 Å². The van der Waals surface area contributed by atoms with E-state index in [0.717, 1.165) is 29.3 Å². The van der Waals surface area contributed by atoms with Crippen LogP contribution in [0.2, 0.25) is 0 Å². The maximum Gasteiger partial charge on any atom is 0.131 e. The van der Waals surface area contributed by atoms with Crippen LogP contribution in [0.4, 0.5) is 5.82 Å². The van der Waals surface area contributed by atoms with E-state index in [0.29, 0.717) is 11.1 Å². The molecule has 0 fully saturated rings. The topological polar surface area (TPSA) is 72.0 Å². The third-order valence-electron chi connectivity index (χ3n) is 2.35. The molecule has 3 N–H and O–H groups in total. The van der Waals surface area contributed by atoms with Gasteiger partial charge in [0.1, 0.15) is 16.7 Å². The lowest BCUT2D eigenvalue weighted by Gasteiger charge is -2.12. The second-order valence-corrected chi connectivity index (χ2v) is 5.18. The summed E-state index contributed by atoms with van der Waals surface area (Å²) in [4.78, 5) is 8.67. The molecule has 90 valence electrons. The zero-order valence-electron chi connectivity index (χ0n) is 10.0. The number of aryl methyl sites for hydroxylation is 1. The van der Waals surface area contributed by atoms with Crippen LogP contribution in [0.5, 0.6) is 0 Å². The summed E-state index contributed by atoms with van der Waals surface area (Å²) < 4.78 is 0. The van der Waals surface area contributed by atoms with Gasteiger partial charge in [-0.3, -0.25) is 0 Å². The van der Waals surface area contributed by atoms with Gasteiger partial charge in [0, 0.05) is 23.8 Å². The molecular weight excluding hydrogens is 222 g/mol. The minimum atomic E-state index is 0.203. The molecule has 0 radical (unpaired) electrons. The highest BCUT2D eigenvalue weighted by Gasteiger charge is 2.11. The molecule has 0 aliphatic carbocycles. The Kier molecular flexibility index (Phi) is 5.02. The number of hydrogen-bond donors (Lipinski definition) is 2. The van der Waals surface area contributed by atoms with Crippen LogP contribution >= 0.6 is 11.8 Å². The fourth-order valence-electron chi connectivity index (χ4n) is 1.26.